The zero-order valence-electron chi connectivity index (χ0n) is 29.9. The Kier molecular flexibility index (Phi) is 12.9. The summed E-state index contributed by atoms with van der Waals surface area (Å²) in [5.41, 5.74) is 7.21. The van der Waals surface area contributed by atoms with Crippen LogP contribution in [0.2, 0.25) is 0 Å². The summed E-state index contributed by atoms with van der Waals surface area (Å²) in [4.78, 5) is 18.3. The normalized spacial score (nSPS) is 14.9. The molecule has 1 saturated heterocycles. The predicted molar refractivity (Wildman–Crippen MR) is 204 cm³/mol. The first-order valence-electron chi connectivity index (χ1n) is 18.3. The lowest BCUT2D eigenvalue weighted by molar-refractivity contribution is -0.112. The zero-order chi connectivity index (χ0) is 35.4. The summed E-state index contributed by atoms with van der Waals surface area (Å²) in [5, 5.41) is 3.13. The minimum Gasteiger partial charge on any atom is -0.491 e. The highest BCUT2D eigenvalue weighted by Gasteiger charge is 2.22. The Morgan fingerprint density at radius 1 is 0.941 bits per heavy atom. The van der Waals surface area contributed by atoms with Crippen molar-refractivity contribution in [3.63, 3.8) is 0 Å². The van der Waals surface area contributed by atoms with Gasteiger partial charge >= 0.3 is 0 Å². The number of benzene rings is 4. The molecule has 0 aromatic heterocycles. The third-order valence-electron chi connectivity index (χ3n) is 9.74. The van der Waals surface area contributed by atoms with Gasteiger partial charge in [-0.25, -0.2) is 4.39 Å². The first-order valence-corrected chi connectivity index (χ1v) is 18.3. The number of hydrogen-bond donors (Lipinski definition) is 1. The van der Waals surface area contributed by atoms with Crippen molar-refractivity contribution in [3.8, 4) is 16.9 Å². The van der Waals surface area contributed by atoms with Crippen LogP contribution >= 0.6 is 0 Å². The molecular weight excluding hydrogens is 641 g/mol. The molecule has 7 nitrogen and oxygen atoms in total. The van der Waals surface area contributed by atoms with Crippen LogP contribution in [0.4, 0.5) is 15.8 Å². The topological polar surface area (TPSA) is 63.3 Å². The molecule has 2 aliphatic heterocycles. The van der Waals surface area contributed by atoms with Gasteiger partial charge in [-0.3, -0.25) is 9.69 Å². The van der Waals surface area contributed by atoms with Crippen molar-refractivity contribution in [2.45, 2.75) is 58.2 Å². The fourth-order valence-corrected chi connectivity index (χ4v) is 6.71. The summed E-state index contributed by atoms with van der Waals surface area (Å²) >= 11 is 0. The number of ether oxygens (including phenoxy) is 3. The van der Waals surface area contributed by atoms with Gasteiger partial charge in [-0.2, -0.15) is 0 Å². The van der Waals surface area contributed by atoms with Crippen LogP contribution in [0.1, 0.15) is 55.7 Å². The van der Waals surface area contributed by atoms with Crippen molar-refractivity contribution >= 4 is 23.4 Å². The molecule has 1 fully saturated rings. The molecule has 0 saturated carbocycles. The SMILES string of the molecule is CCCCOCCOc1ccc(-c2ccc3c(c2)C=C(C(=O)Nc2ccc(CN(C)C4CCOCC4)cc2)CCN3Cc2ccccc2F)cc1. The van der Waals surface area contributed by atoms with Crippen LogP contribution in [0.25, 0.3) is 17.2 Å². The monoisotopic (exact) mass is 691 g/mol. The first kappa shape index (κ1) is 36.3. The highest BCUT2D eigenvalue weighted by Crippen LogP contribution is 2.34. The Labute approximate surface area is 302 Å². The van der Waals surface area contributed by atoms with Crippen LogP contribution < -0.4 is 15.0 Å². The molecule has 6 rings (SSSR count). The maximum Gasteiger partial charge on any atom is 0.251 e. The van der Waals surface area contributed by atoms with Gasteiger partial charge in [-0.1, -0.05) is 61.9 Å². The highest BCUT2D eigenvalue weighted by molar-refractivity contribution is 6.07. The molecule has 0 aliphatic carbocycles. The standard InChI is InChI=1S/C43H50FN3O4/c1-3-4-23-49-26-27-51-40-16-11-33(12-17-40)34-13-18-42-37(28-34)29-35(19-22-47(42)31-36-7-5-6-8-41(36)44)43(48)45-38-14-9-32(10-15-38)30-46(2)39-20-24-50-25-21-39/h5-18,28-29,39H,3-4,19-27,30-31H2,1-2H3,(H,45,48). The van der Waals surface area contributed by atoms with Gasteiger partial charge in [0.25, 0.3) is 5.91 Å². The molecule has 1 N–H and O–H groups in total. The summed E-state index contributed by atoms with van der Waals surface area (Å²) in [6.45, 7) is 7.45. The largest absolute Gasteiger partial charge is 0.491 e. The predicted octanol–water partition coefficient (Wildman–Crippen LogP) is 8.73. The molecule has 0 bridgehead atoms. The summed E-state index contributed by atoms with van der Waals surface area (Å²) in [6, 6.07) is 29.9. The summed E-state index contributed by atoms with van der Waals surface area (Å²) < 4.78 is 31.8. The van der Waals surface area contributed by atoms with Gasteiger partial charge in [0, 0.05) is 68.0 Å². The third kappa shape index (κ3) is 10.1. The van der Waals surface area contributed by atoms with Gasteiger partial charge < -0.3 is 24.4 Å². The number of carbonyl (C=O) groups excluding carboxylic acids is 1. The molecule has 4 aromatic rings. The molecule has 0 radical (unpaired) electrons. The lowest BCUT2D eigenvalue weighted by Crippen LogP contribution is -2.36. The van der Waals surface area contributed by atoms with Crippen molar-refractivity contribution in [2.24, 2.45) is 0 Å². The Hall–Kier alpha value is -4.50. The fraction of sp³-hybridized carbons (Fsp3) is 0.372. The van der Waals surface area contributed by atoms with E-state index in [9.17, 15) is 9.18 Å². The number of hydrogen-bond acceptors (Lipinski definition) is 6. The van der Waals surface area contributed by atoms with Gasteiger partial charge in [-0.05, 0) is 104 Å². The number of anilines is 2. The number of nitrogens with one attached hydrogen (secondary N) is 1. The summed E-state index contributed by atoms with van der Waals surface area (Å²) in [7, 11) is 2.17. The van der Waals surface area contributed by atoms with Crippen LogP contribution in [0, 0.1) is 5.82 Å². The van der Waals surface area contributed by atoms with Crippen molar-refractivity contribution in [1.29, 1.82) is 0 Å². The van der Waals surface area contributed by atoms with E-state index >= 15 is 0 Å². The van der Waals surface area contributed by atoms with Gasteiger partial charge in [0.2, 0.25) is 0 Å². The zero-order valence-corrected chi connectivity index (χ0v) is 29.9. The number of carbonyl (C=O) groups is 1. The number of unbranched alkanes of at least 4 members (excludes halogenated alkanes) is 1. The Morgan fingerprint density at radius 2 is 1.71 bits per heavy atom. The average Bonchev–Trinajstić information content (AvgIpc) is 3.34. The van der Waals surface area contributed by atoms with Gasteiger partial charge in [0.1, 0.15) is 18.2 Å². The minimum absolute atomic E-state index is 0.133. The number of halogens is 1. The van der Waals surface area contributed by atoms with E-state index in [1.807, 2.05) is 54.6 Å². The highest BCUT2D eigenvalue weighted by atomic mass is 19.1. The maximum absolute atomic E-state index is 14.8. The molecule has 0 atom stereocenters. The third-order valence-corrected chi connectivity index (χ3v) is 9.74. The molecule has 8 heteroatoms. The van der Waals surface area contributed by atoms with Crippen LogP contribution in [-0.4, -0.2) is 63.5 Å². The second-order valence-corrected chi connectivity index (χ2v) is 13.5. The first-order chi connectivity index (χ1) is 25.0. The molecule has 2 heterocycles. The Morgan fingerprint density at radius 3 is 2.47 bits per heavy atom. The van der Waals surface area contributed by atoms with E-state index in [1.54, 1.807) is 6.07 Å². The van der Waals surface area contributed by atoms with E-state index in [0.717, 1.165) is 85.9 Å². The van der Waals surface area contributed by atoms with Crippen molar-refractivity contribution < 1.29 is 23.4 Å². The van der Waals surface area contributed by atoms with Crippen molar-refractivity contribution in [2.75, 3.05) is 56.8 Å². The molecule has 0 spiro atoms. The Bertz CT molecular complexity index is 1750. The van der Waals surface area contributed by atoms with Crippen LogP contribution in [-0.2, 0) is 27.4 Å². The van der Waals surface area contributed by atoms with E-state index in [1.165, 1.54) is 11.6 Å². The molecule has 2 aliphatic rings. The quantitative estimate of drug-likeness (QED) is 0.126. The van der Waals surface area contributed by atoms with Crippen LogP contribution in [0.15, 0.2) is 96.6 Å². The fourth-order valence-electron chi connectivity index (χ4n) is 6.71. The second-order valence-electron chi connectivity index (χ2n) is 13.5. The van der Waals surface area contributed by atoms with Crippen molar-refractivity contribution in [1.82, 2.24) is 4.90 Å². The molecule has 51 heavy (non-hydrogen) atoms. The van der Waals surface area contributed by atoms with Crippen LogP contribution in [0.3, 0.4) is 0 Å². The summed E-state index contributed by atoms with van der Waals surface area (Å²) in [5.74, 6) is 0.427. The lowest BCUT2D eigenvalue weighted by atomic mass is 10.00. The average molecular weight is 692 g/mol. The maximum atomic E-state index is 14.8. The van der Waals surface area contributed by atoms with Crippen LogP contribution in [0.5, 0.6) is 5.75 Å². The number of nitrogens with zero attached hydrogens (tertiary/aromatic N) is 2. The molecule has 1 amide bonds. The number of fused-ring (bicyclic) bond motifs is 1. The van der Waals surface area contributed by atoms with Gasteiger partial charge in [0.15, 0.2) is 0 Å². The Balaban J connectivity index is 1.17. The van der Waals surface area contributed by atoms with E-state index in [4.69, 9.17) is 14.2 Å². The van der Waals surface area contributed by atoms with E-state index < -0.39 is 0 Å². The van der Waals surface area contributed by atoms with E-state index in [-0.39, 0.29) is 11.7 Å². The summed E-state index contributed by atoms with van der Waals surface area (Å²) in [6.07, 6.45) is 6.79. The number of amides is 1. The molecular formula is C43H50FN3O4. The minimum atomic E-state index is -0.233. The molecule has 268 valence electrons. The number of rotatable bonds is 15. The molecule has 0 unspecified atom stereocenters. The van der Waals surface area contributed by atoms with Crippen molar-refractivity contribution in [3.05, 3.63) is 119 Å². The second kappa shape index (κ2) is 18.1. The van der Waals surface area contributed by atoms with Gasteiger partial charge in [0.05, 0.1) is 6.61 Å². The van der Waals surface area contributed by atoms with E-state index in [0.29, 0.717) is 49.9 Å². The lowest BCUT2D eigenvalue weighted by Gasteiger charge is -2.31. The van der Waals surface area contributed by atoms with E-state index in [2.05, 4.69) is 59.4 Å². The molecule has 4 aromatic carbocycles. The smallest absolute Gasteiger partial charge is 0.251 e. The van der Waals surface area contributed by atoms with Gasteiger partial charge in [-0.15, -0.1) is 0 Å².